The van der Waals surface area contributed by atoms with E-state index in [1.54, 1.807) is 25.1 Å². The molecule has 1 unspecified atom stereocenters. The standard InChI is InChI=1S/C17H16Cl2O2/c1-10-4-5-13(8-11(10)2)17(20)12(3)21-16-7-6-14(18)9-15(16)19/h4-9,12H,1-3H3. The summed E-state index contributed by atoms with van der Waals surface area (Å²) >= 11 is 11.9. The van der Waals surface area contributed by atoms with Crippen molar-refractivity contribution in [2.75, 3.05) is 0 Å². The lowest BCUT2D eigenvalue weighted by Gasteiger charge is -2.15. The molecule has 0 aromatic heterocycles. The zero-order valence-corrected chi connectivity index (χ0v) is 13.6. The Labute approximate surface area is 134 Å². The van der Waals surface area contributed by atoms with E-state index in [2.05, 4.69) is 0 Å². The Morgan fingerprint density at radius 3 is 2.38 bits per heavy atom. The average Bonchev–Trinajstić information content (AvgIpc) is 2.44. The second-order valence-electron chi connectivity index (χ2n) is 5.00. The van der Waals surface area contributed by atoms with Crippen LogP contribution in [0.25, 0.3) is 0 Å². The van der Waals surface area contributed by atoms with E-state index in [1.807, 2.05) is 32.0 Å². The largest absolute Gasteiger partial charge is 0.481 e. The zero-order valence-electron chi connectivity index (χ0n) is 12.1. The number of ether oxygens (including phenoxy) is 1. The van der Waals surface area contributed by atoms with Crippen LogP contribution in [0.4, 0.5) is 0 Å². The van der Waals surface area contributed by atoms with Gasteiger partial charge < -0.3 is 4.74 Å². The number of benzene rings is 2. The number of Topliss-reactive ketones (excluding diaryl/α,β-unsaturated/α-hetero) is 1. The van der Waals surface area contributed by atoms with Crippen molar-refractivity contribution in [3.8, 4) is 5.75 Å². The van der Waals surface area contributed by atoms with Crippen molar-refractivity contribution in [2.45, 2.75) is 26.9 Å². The lowest BCUT2D eigenvalue weighted by atomic mass is 10.0. The quantitative estimate of drug-likeness (QED) is 0.717. The van der Waals surface area contributed by atoms with Gasteiger partial charge in [-0.2, -0.15) is 0 Å². The summed E-state index contributed by atoms with van der Waals surface area (Å²) in [5.41, 5.74) is 2.87. The molecule has 2 aromatic carbocycles. The van der Waals surface area contributed by atoms with Gasteiger partial charge in [0.1, 0.15) is 5.75 Å². The minimum Gasteiger partial charge on any atom is -0.481 e. The Balaban J connectivity index is 2.17. The number of rotatable bonds is 4. The number of carbonyl (C=O) groups excluding carboxylic acids is 1. The van der Waals surface area contributed by atoms with Crippen molar-refractivity contribution < 1.29 is 9.53 Å². The van der Waals surface area contributed by atoms with Crippen molar-refractivity contribution in [1.82, 2.24) is 0 Å². The van der Waals surface area contributed by atoms with Crippen molar-refractivity contribution in [3.63, 3.8) is 0 Å². The highest BCUT2D eigenvalue weighted by Gasteiger charge is 2.18. The molecule has 2 rings (SSSR count). The summed E-state index contributed by atoms with van der Waals surface area (Å²) in [5, 5.41) is 0.919. The van der Waals surface area contributed by atoms with Crippen LogP contribution in [0.15, 0.2) is 36.4 Å². The van der Waals surface area contributed by atoms with Crippen molar-refractivity contribution in [1.29, 1.82) is 0 Å². The lowest BCUT2D eigenvalue weighted by molar-refractivity contribution is 0.0818. The Bertz CT molecular complexity index is 680. The number of carbonyl (C=O) groups is 1. The van der Waals surface area contributed by atoms with Crippen LogP contribution in [0.2, 0.25) is 10.0 Å². The fraction of sp³-hybridized carbons (Fsp3) is 0.235. The van der Waals surface area contributed by atoms with E-state index in [0.29, 0.717) is 21.4 Å². The molecular weight excluding hydrogens is 307 g/mol. The fourth-order valence-electron chi connectivity index (χ4n) is 1.94. The van der Waals surface area contributed by atoms with Crippen LogP contribution in [0.3, 0.4) is 0 Å². The van der Waals surface area contributed by atoms with Gasteiger partial charge in [0.15, 0.2) is 6.10 Å². The second-order valence-corrected chi connectivity index (χ2v) is 5.84. The molecule has 2 nitrogen and oxygen atoms in total. The van der Waals surface area contributed by atoms with Gasteiger partial charge in [0.2, 0.25) is 5.78 Å². The summed E-state index contributed by atoms with van der Waals surface area (Å²) in [6.07, 6.45) is -0.620. The minimum absolute atomic E-state index is 0.0795. The molecule has 1 atom stereocenters. The molecule has 110 valence electrons. The van der Waals surface area contributed by atoms with Gasteiger partial charge in [-0.15, -0.1) is 0 Å². The minimum atomic E-state index is -0.620. The van der Waals surface area contributed by atoms with Crippen LogP contribution in [0.1, 0.15) is 28.4 Å². The first-order valence-corrected chi connectivity index (χ1v) is 7.37. The normalized spacial score (nSPS) is 12.0. The van der Waals surface area contributed by atoms with Crippen molar-refractivity contribution >= 4 is 29.0 Å². The van der Waals surface area contributed by atoms with E-state index >= 15 is 0 Å². The number of aryl methyl sites for hydroxylation is 2. The topological polar surface area (TPSA) is 26.3 Å². The van der Waals surface area contributed by atoms with Crippen LogP contribution in [0, 0.1) is 13.8 Å². The average molecular weight is 323 g/mol. The maximum absolute atomic E-state index is 12.4. The molecule has 4 heteroatoms. The Morgan fingerprint density at radius 2 is 1.76 bits per heavy atom. The van der Waals surface area contributed by atoms with Crippen molar-refractivity contribution in [3.05, 3.63) is 63.1 Å². The maximum atomic E-state index is 12.4. The van der Waals surface area contributed by atoms with Crippen molar-refractivity contribution in [2.24, 2.45) is 0 Å². The van der Waals surface area contributed by atoms with Crippen LogP contribution < -0.4 is 4.74 Å². The monoisotopic (exact) mass is 322 g/mol. The Hall–Kier alpha value is -1.51. The fourth-order valence-corrected chi connectivity index (χ4v) is 2.40. The van der Waals surface area contributed by atoms with Gasteiger partial charge in [-0.05, 0) is 56.2 Å². The van der Waals surface area contributed by atoms with Gasteiger partial charge in [0.05, 0.1) is 5.02 Å². The number of hydrogen-bond acceptors (Lipinski definition) is 2. The van der Waals surface area contributed by atoms with Crippen LogP contribution >= 0.6 is 23.2 Å². The number of hydrogen-bond donors (Lipinski definition) is 0. The molecule has 0 saturated carbocycles. The molecule has 0 fully saturated rings. The zero-order chi connectivity index (χ0) is 15.6. The third-order valence-electron chi connectivity index (χ3n) is 3.36. The van der Waals surface area contributed by atoms with Crippen LogP contribution in [-0.4, -0.2) is 11.9 Å². The SMILES string of the molecule is Cc1ccc(C(=O)C(C)Oc2ccc(Cl)cc2Cl)cc1C. The molecule has 0 N–H and O–H groups in total. The second kappa shape index (κ2) is 6.50. The highest BCUT2D eigenvalue weighted by atomic mass is 35.5. The predicted molar refractivity (Wildman–Crippen MR) is 86.8 cm³/mol. The van der Waals surface area contributed by atoms with E-state index in [4.69, 9.17) is 27.9 Å². The molecule has 0 saturated heterocycles. The summed E-state index contributed by atoms with van der Waals surface area (Å²) in [7, 11) is 0. The highest BCUT2D eigenvalue weighted by molar-refractivity contribution is 6.35. The first kappa shape index (κ1) is 15.9. The number of ketones is 1. The first-order valence-electron chi connectivity index (χ1n) is 6.61. The highest BCUT2D eigenvalue weighted by Crippen LogP contribution is 2.28. The molecular formula is C17H16Cl2O2. The van der Waals surface area contributed by atoms with E-state index in [1.165, 1.54) is 0 Å². The van der Waals surface area contributed by atoms with Crippen LogP contribution in [-0.2, 0) is 0 Å². The van der Waals surface area contributed by atoms with E-state index < -0.39 is 6.10 Å². The smallest absolute Gasteiger partial charge is 0.203 e. The molecule has 0 aliphatic rings. The molecule has 0 bridgehead atoms. The first-order chi connectivity index (χ1) is 9.88. The predicted octanol–water partition coefficient (Wildman–Crippen LogP) is 5.26. The molecule has 2 aromatic rings. The molecule has 0 heterocycles. The maximum Gasteiger partial charge on any atom is 0.203 e. The summed E-state index contributed by atoms with van der Waals surface area (Å²) in [4.78, 5) is 12.4. The van der Waals surface area contributed by atoms with E-state index in [0.717, 1.165) is 11.1 Å². The summed E-state index contributed by atoms with van der Waals surface area (Å²) in [6.45, 7) is 5.70. The molecule has 0 aliphatic carbocycles. The lowest BCUT2D eigenvalue weighted by Crippen LogP contribution is -2.24. The van der Waals surface area contributed by atoms with Crippen LogP contribution in [0.5, 0.6) is 5.75 Å². The van der Waals surface area contributed by atoms with E-state index in [-0.39, 0.29) is 5.78 Å². The van der Waals surface area contributed by atoms with Gasteiger partial charge in [0.25, 0.3) is 0 Å². The summed E-state index contributed by atoms with van der Waals surface area (Å²) in [6, 6.07) is 10.6. The molecule has 0 amide bonds. The molecule has 0 radical (unpaired) electrons. The third-order valence-corrected chi connectivity index (χ3v) is 3.89. The number of halogens is 2. The summed E-state index contributed by atoms with van der Waals surface area (Å²) < 4.78 is 5.65. The molecule has 0 spiro atoms. The Morgan fingerprint density at radius 1 is 1.05 bits per heavy atom. The third kappa shape index (κ3) is 3.78. The van der Waals surface area contributed by atoms with Gasteiger partial charge in [-0.25, -0.2) is 0 Å². The van der Waals surface area contributed by atoms with Gasteiger partial charge >= 0.3 is 0 Å². The molecule has 21 heavy (non-hydrogen) atoms. The Kier molecular flexibility index (Phi) is 4.92. The van der Waals surface area contributed by atoms with Gasteiger partial charge in [0, 0.05) is 10.6 Å². The summed E-state index contributed by atoms with van der Waals surface area (Å²) in [5.74, 6) is 0.370. The molecule has 0 aliphatic heterocycles. The van der Waals surface area contributed by atoms with E-state index in [9.17, 15) is 4.79 Å². The van der Waals surface area contributed by atoms with Gasteiger partial charge in [-0.1, -0.05) is 35.3 Å². The van der Waals surface area contributed by atoms with Gasteiger partial charge in [-0.3, -0.25) is 4.79 Å².